The van der Waals surface area contributed by atoms with Crippen LogP contribution in [0.5, 0.6) is 0 Å². The van der Waals surface area contributed by atoms with E-state index in [0.29, 0.717) is 19.3 Å². The number of amides is 1. The van der Waals surface area contributed by atoms with Crippen molar-refractivity contribution in [2.45, 2.75) is 91.4 Å². The van der Waals surface area contributed by atoms with Crippen LogP contribution in [-0.4, -0.2) is 53.6 Å². The number of carbonyl (C=O) groups excluding carboxylic acids is 3. The SMILES string of the molecule is CCOC(=O)C(CCCO)CCC(NC(=O)OC(C)(C)C)C(=O)OC(C)(C)C. The van der Waals surface area contributed by atoms with Gasteiger partial charge in [-0.25, -0.2) is 9.59 Å². The van der Waals surface area contributed by atoms with E-state index in [2.05, 4.69) is 5.32 Å². The Balaban J connectivity index is 5.17. The molecule has 164 valence electrons. The third-order valence-electron chi connectivity index (χ3n) is 3.52. The second-order valence-electron chi connectivity index (χ2n) is 8.62. The Morgan fingerprint density at radius 3 is 1.93 bits per heavy atom. The molecule has 28 heavy (non-hydrogen) atoms. The number of aliphatic hydroxyl groups is 1. The number of ether oxygens (including phenoxy) is 3. The Bertz CT molecular complexity index is 506. The average Bonchev–Trinajstić information content (AvgIpc) is 2.50. The number of alkyl carbamates (subject to hydrolysis) is 1. The highest BCUT2D eigenvalue weighted by Crippen LogP contribution is 2.19. The Labute approximate surface area is 168 Å². The first-order chi connectivity index (χ1) is 12.8. The summed E-state index contributed by atoms with van der Waals surface area (Å²) in [6, 6.07) is -0.958. The van der Waals surface area contributed by atoms with E-state index in [1.54, 1.807) is 48.5 Å². The van der Waals surface area contributed by atoms with E-state index >= 15 is 0 Å². The van der Waals surface area contributed by atoms with Crippen molar-refractivity contribution < 1.29 is 33.7 Å². The van der Waals surface area contributed by atoms with Crippen LogP contribution in [0.1, 0.15) is 74.1 Å². The molecule has 0 fully saturated rings. The molecular weight excluding hydrogens is 366 g/mol. The summed E-state index contributed by atoms with van der Waals surface area (Å²) in [4.78, 5) is 36.8. The first-order valence-electron chi connectivity index (χ1n) is 9.79. The molecule has 1 amide bonds. The summed E-state index contributed by atoms with van der Waals surface area (Å²) in [7, 11) is 0. The number of esters is 2. The van der Waals surface area contributed by atoms with Crippen molar-refractivity contribution in [1.82, 2.24) is 5.32 Å². The van der Waals surface area contributed by atoms with Crippen LogP contribution in [0.15, 0.2) is 0 Å². The van der Waals surface area contributed by atoms with Gasteiger partial charge in [0.1, 0.15) is 17.2 Å². The van der Waals surface area contributed by atoms with E-state index in [1.165, 1.54) is 0 Å². The molecule has 0 radical (unpaired) electrons. The molecule has 0 rings (SSSR count). The third-order valence-corrected chi connectivity index (χ3v) is 3.52. The van der Waals surface area contributed by atoms with E-state index in [9.17, 15) is 14.4 Å². The molecule has 8 nitrogen and oxygen atoms in total. The minimum atomic E-state index is -0.958. The Kier molecular flexibility index (Phi) is 11.1. The zero-order valence-corrected chi connectivity index (χ0v) is 18.3. The molecule has 0 aliphatic heterocycles. The van der Waals surface area contributed by atoms with E-state index in [-0.39, 0.29) is 25.6 Å². The summed E-state index contributed by atoms with van der Waals surface area (Å²) in [6.45, 7) is 12.3. The van der Waals surface area contributed by atoms with E-state index in [1.807, 2.05) is 0 Å². The molecule has 0 bridgehead atoms. The Morgan fingerprint density at radius 1 is 0.893 bits per heavy atom. The van der Waals surface area contributed by atoms with Crippen molar-refractivity contribution in [3.05, 3.63) is 0 Å². The normalized spacial score (nSPS) is 14.0. The topological polar surface area (TPSA) is 111 Å². The van der Waals surface area contributed by atoms with Crippen LogP contribution >= 0.6 is 0 Å². The summed E-state index contributed by atoms with van der Waals surface area (Å²) in [5.41, 5.74) is -1.43. The lowest BCUT2D eigenvalue weighted by atomic mass is 9.95. The van der Waals surface area contributed by atoms with Gasteiger partial charge in [-0.05, 0) is 74.1 Å². The van der Waals surface area contributed by atoms with Crippen molar-refractivity contribution in [3.8, 4) is 0 Å². The number of aliphatic hydroxyl groups excluding tert-OH is 1. The number of hydrogen-bond acceptors (Lipinski definition) is 7. The molecule has 0 aliphatic carbocycles. The highest BCUT2D eigenvalue weighted by atomic mass is 16.6. The van der Waals surface area contributed by atoms with Gasteiger partial charge in [-0.15, -0.1) is 0 Å². The van der Waals surface area contributed by atoms with Crippen molar-refractivity contribution in [2.24, 2.45) is 5.92 Å². The van der Waals surface area contributed by atoms with Crippen LogP contribution in [0.3, 0.4) is 0 Å². The van der Waals surface area contributed by atoms with Gasteiger partial charge in [0.15, 0.2) is 0 Å². The fourth-order valence-corrected chi connectivity index (χ4v) is 2.42. The summed E-state index contributed by atoms with van der Waals surface area (Å²) >= 11 is 0. The predicted molar refractivity (Wildman–Crippen MR) is 105 cm³/mol. The van der Waals surface area contributed by atoms with Crippen LogP contribution < -0.4 is 5.32 Å². The standard InChI is InChI=1S/C20H37NO7/c1-8-26-16(23)14(10-9-13-22)11-12-15(17(24)27-19(2,3)4)21-18(25)28-20(5,6)7/h14-15,22H,8-13H2,1-7H3,(H,21,25). The zero-order valence-electron chi connectivity index (χ0n) is 18.3. The molecule has 0 saturated heterocycles. The van der Waals surface area contributed by atoms with Crippen LogP contribution in [0.25, 0.3) is 0 Å². The van der Waals surface area contributed by atoms with Crippen LogP contribution in [0.2, 0.25) is 0 Å². The van der Waals surface area contributed by atoms with Gasteiger partial charge in [0.2, 0.25) is 0 Å². The lowest BCUT2D eigenvalue weighted by Crippen LogP contribution is -2.46. The molecule has 2 N–H and O–H groups in total. The van der Waals surface area contributed by atoms with Gasteiger partial charge in [-0.3, -0.25) is 4.79 Å². The molecular formula is C20H37NO7. The lowest BCUT2D eigenvalue weighted by molar-refractivity contribution is -0.158. The maximum Gasteiger partial charge on any atom is 0.408 e. The van der Waals surface area contributed by atoms with Crippen molar-refractivity contribution >= 4 is 18.0 Å². The minimum absolute atomic E-state index is 0.0401. The smallest absolute Gasteiger partial charge is 0.408 e. The van der Waals surface area contributed by atoms with E-state index in [0.717, 1.165) is 0 Å². The van der Waals surface area contributed by atoms with Crippen molar-refractivity contribution in [2.75, 3.05) is 13.2 Å². The maximum atomic E-state index is 12.5. The minimum Gasteiger partial charge on any atom is -0.466 e. The van der Waals surface area contributed by atoms with Crippen LogP contribution in [0, 0.1) is 5.92 Å². The molecule has 0 spiro atoms. The fourth-order valence-electron chi connectivity index (χ4n) is 2.42. The van der Waals surface area contributed by atoms with Gasteiger partial charge in [0, 0.05) is 6.61 Å². The molecule has 0 aliphatic rings. The van der Waals surface area contributed by atoms with E-state index in [4.69, 9.17) is 19.3 Å². The Hall–Kier alpha value is -1.83. The second kappa shape index (κ2) is 11.9. The molecule has 0 aromatic heterocycles. The van der Waals surface area contributed by atoms with Crippen molar-refractivity contribution in [3.63, 3.8) is 0 Å². The molecule has 2 atom stereocenters. The first kappa shape index (κ1) is 26.2. The average molecular weight is 404 g/mol. The molecule has 0 aromatic rings. The summed E-state index contributed by atoms with van der Waals surface area (Å²) in [5, 5.41) is 11.6. The molecule has 0 heterocycles. The van der Waals surface area contributed by atoms with Crippen LogP contribution in [-0.2, 0) is 23.8 Å². The lowest BCUT2D eigenvalue weighted by Gasteiger charge is -2.27. The Morgan fingerprint density at radius 2 is 1.46 bits per heavy atom. The summed E-state index contributed by atoms with van der Waals surface area (Å²) < 4.78 is 15.7. The number of nitrogens with one attached hydrogen (secondary N) is 1. The van der Waals surface area contributed by atoms with Gasteiger partial charge in [0.25, 0.3) is 0 Å². The molecule has 2 unspecified atom stereocenters. The van der Waals surface area contributed by atoms with Gasteiger partial charge in [-0.2, -0.15) is 0 Å². The zero-order chi connectivity index (χ0) is 22.0. The summed E-state index contributed by atoms with van der Waals surface area (Å²) in [6.07, 6.45) is 0.635. The second-order valence-corrected chi connectivity index (χ2v) is 8.62. The molecule has 0 saturated carbocycles. The fraction of sp³-hybridized carbons (Fsp3) is 0.850. The molecule has 0 aromatic carbocycles. The van der Waals surface area contributed by atoms with Gasteiger partial charge < -0.3 is 24.6 Å². The highest BCUT2D eigenvalue weighted by molar-refractivity contribution is 5.81. The maximum absolute atomic E-state index is 12.5. The largest absolute Gasteiger partial charge is 0.466 e. The van der Waals surface area contributed by atoms with Crippen molar-refractivity contribution in [1.29, 1.82) is 0 Å². The highest BCUT2D eigenvalue weighted by Gasteiger charge is 2.30. The number of hydrogen-bond donors (Lipinski definition) is 2. The van der Waals surface area contributed by atoms with E-state index < -0.39 is 35.2 Å². The van der Waals surface area contributed by atoms with Crippen LogP contribution in [0.4, 0.5) is 4.79 Å². The predicted octanol–water partition coefficient (Wildman–Crippen LogP) is 2.95. The number of carbonyl (C=O) groups is 3. The van der Waals surface area contributed by atoms with Gasteiger partial charge >= 0.3 is 18.0 Å². The summed E-state index contributed by atoms with van der Waals surface area (Å²) in [5.74, 6) is -1.45. The monoisotopic (exact) mass is 403 g/mol. The quantitative estimate of drug-likeness (QED) is 0.426. The number of rotatable bonds is 10. The molecule has 8 heteroatoms. The van der Waals surface area contributed by atoms with Gasteiger partial charge in [-0.1, -0.05) is 0 Å². The van der Waals surface area contributed by atoms with Gasteiger partial charge in [0.05, 0.1) is 12.5 Å². The third kappa shape index (κ3) is 12.5. The first-order valence-corrected chi connectivity index (χ1v) is 9.79.